The molecule has 1 heterocycles. The fourth-order valence-corrected chi connectivity index (χ4v) is 2.93. The average molecular weight is 268 g/mol. The zero-order chi connectivity index (χ0) is 13.1. The number of rotatable bonds is 3. The van der Waals surface area contributed by atoms with Gasteiger partial charge in [-0.1, -0.05) is 17.7 Å². The van der Waals surface area contributed by atoms with Gasteiger partial charge in [0.25, 0.3) is 0 Å². The van der Waals surface area contributed by atoms with E-state index in [1.54, 1.807) is 0 Å². The van der Waals surface area contributed by atoms with Crippen molar-refractivity contribution in [3.05, 3.63) is 23.2 Å². The van der Waals surface area contributed by atoms with Crippen molar-refractivity contribution >= 4 is 23.0 Å². The maximum Gasteiger partial charge on any atom is 0.0786 e. The van der Waals surface area contributed by atoms with Crippen LogP contribution in [0.25, 0.3) is 0 Å². The molecule has 0 aliphatic carbocycles. The molecular weight excluding hydrogens is 246 g/mol. The average Bonchev–Trinajstić information content (AvgIpc) is 2.28. The first kappa shape index (κ1) is 13.5. The van der Waals surface area contributed by atoms with Crippen LogP contribution in [0.5, 0.6) is 0 Å². The monoisotopic (exact) mass is 267 g/mol. The van der Waals surface area contributed by atoms with Crippen molar-refractivity contribution in [1.82, 2.24) is 4.90 Å². The topological polar surface area (TPSA) is 18.5 Å². The highest BCUT2D eigenvalue weighted by Crippen LogP contribution is 2.33. The van der Waals surface area contributed by atoms with Crippen LogP contribution >= 0.6 is 11.6 Å². The van der Waals surface area contributed by atoms with Gasteiger partial charge in [-0.3, -0.25) is 0 Å². The number of hydrogen-bond donors (Lipinski definition) is 1. The van der Waals surface area contributed by atoms with Crippen LogP contribution in [0.3, 0.4) is 0 Å². The fraction of sp³-hybridized carbons (Fsp3) is 0.571. The maximum atomic E-state index is 6.28. The van der Waals surface area contributed by atoms with Gasteiger partial charge in [-0.05, 0) is 38.6 Å². The van der Waals surface area contributed by atoms with E-state index in [1.165, 1.54) is 19.4 Å². The Morgan fingerprint density at radius 1 is 1.39 bits per heavy atom. The Bertz CT molecular complexity index is 406. The van der Waals surface area contributed by atoms with Crippen LogP contribution in [0.1, 0.15) is 12.8 Å². The molecule has 3 nitrogen and oxygen atoms in total. The highest BCUT2D eigenvalue weighted by atomic mass is 35.5. The summed E-state index contributed by atoms with van der Waals surface area (Å²) in [7, 11) is 6.23. The Morgan fingerprint density at radius 2 is 2.17 bits per heavy atom. The minimum atomic E-state index is 0.515. The van der Waals surface area contributed by atoms with Gasteiger partial charge in [-0.2, -0.15) is 0 Å². The summed E-state index contributed by atoms with van der Waals surface area (Å²) in [5.41, 5.74) is 2.21. The summed E-state index contributed by atoms with van der Waals surface area (Å²) in [4.78, 5) is 4.44. The number of para-hydroxylation sites is 1. The molecule has 1 saturated heterocycles. The van der Waals surface area contributed by atoms with E-state index in [0.717, 1.165) is 22.9 Å². The quantitative estimate of drug-likeness (QED) is 0.909. The van der Waals surface area contributed by atoms with E-state index in [2.05, 4.69) is 28.2 Å². The lowest BCUT2D eigenvalue weighted by Crippen LogP contribution is -2.39. The molecule has 1 aliphatic rings. The molecular formula is C14H22ClN3. The fourth-order valence-electron chi connectivity index (χ4n) is 2.59. The zero-order valence-electron chi connectivity index (χ0n) is 11.4. The van der Waals surface area contributed by atoms with Crippen molar-refractivity contribution < 1.29 is 0 Å². The van der Waals surface area contributed by atoms with Gasteiger partial charge in [-0.25, -0.2) is 0 Å². The lowest BCUT2D eigenvalue weighted by molar-refractivity contribution is 0.261. The summed E-state index contributed by atoms with van der Waals surface area (Å²) in [6.07, 6.45) is 2.48. The number of likely N-dealkylation sites (tertiary alicyclic amines) is 1. The third-order valence-electron chi connectivity index (χ3n) is 3.42. The van der Waals surface area contributed by atoms with Gasteiger partial charge in [0.2, 0.25) is 0 Å². The standard InChI is InChI=1S/C14H22ClN3/c1-17(2)14-12(15)7-4-8-13(14)16-11-6-5-9-18(3)10-11/h4,7-8,11,16H,5-6,9-10H2,1-3H3. The van der Waals surface area contributed by atoms with Crippen LogP contribution in [0.2, 0.25) is 5.02 Å². The third kappa shape index (κ3) is 3.09. The van der Waals surface area contributed by atoms with Crippen molar-refractivity contribution in [2.45, 2.75) is 18.9 Å². The van der Waals surface area contributed by atoms with Crippen LogP contribution in [0, 0.1) is 0 Å². The van der Waals surface area contributed by atoms with Gasteiger partial charge in [-0.15, -0.1) is 0 Å². The largest absolute Gasteiger partial charge is 0.379 e. The summed E-state index contributed by atoms with van der Waals surface area (Å²) in [5, 5.41) is 4.43. The second kappa shape index (κ2) is 5.81. The van der Waals surface area contributed by atoms with Crippen molar-refractivity contribution in [3.63, 3.8) is 0 Å². The Hall–Kier alpha value is -0.930. The highest BCUT2D eigenvalue weighted by molar-refractivity contribution is 6.34. The minimum absolute atomic E-state index is 0.515. The maximum absolute atomic E-state index is 6.28. The number of hydrogen-bond acceptors (Lipinski definition) is 3. The normalized spacial score (nSPS) is 20.8. The molecule has 100 valence electrons. The Labute approximate surface area is 115 Å². The number of likely N-dealkylation sites (N-methyl/N-ethyl adjacent to an activating group) is 1. The van der Waals surface area contributed by atoms with E-state index >= 15 is 0 Å². The molecule has 1 fully saturated rings. The number of anilines is 2. The van der Waals surface area contributed by atoms with E-state index in [1.807, 2.05) is 26.2 Å². The predicted molar refractivity (Wildman–Crippen MR) is 79.9 cm³/mol. The SMILES string of the molecule is CN1CCCC(Nc2cccc(Cl)c2N(C)C)C1. The van der Waals surface area contributed by atoms with Crippen molar-refractivity contribution in [1.29, 1.82) is 0 Å². The summed E-state index contributed by atoms with van der Waals surface area (Å²) in [6.45, 7) is 2.30. The smallest absolute Gasteiger partial charge is 0.0786 e. The summed E-state index contributed by atoms with van der Waals surface area (Å²) >= 11 is 6.28. The van der Waals surface area contributed by atoms with Crippen molar-refractivity contribution in [2.75, 3.05) is 44.4 Å². The van der Waals surface area contributed by atoms with E-state index < -0.39 is 0 Å². The first-order valence-corrected chi connectivity index (χ1v) is 6.86. The minimum Gasteiger partial charge on any atom is -0.379 e. The molecule has 1 atom stereocenters. The first-order valence-electron chi connectivity index (χ1n) is 6.49. The lowest BCUT2D eigenvalue weighted by atomic mass is 10.1. The second-order valence-electron chi connectivity index (χ2n) is 5.28. The van der Waals surface area contributed by atoms with Crippen molar-refractivity contribution in [3.8, 4) is 0 Å². The molecule has 0 saturated carbocycles. The van der Waals surface area contributed by atoms with Crippen molar-refractivity contribution in [2.24, 2.45) is 0 Å². The molecule has 0 aromatic heterocycles. The van der Waals surface area contributed by atoms with Crippen LogP contribution in [0.15, 0.2) is 18.2 Å². The lowest BCUT2D eigenvalue weighted by Gasteiger charge is -2.32. The third-order valence-corrected chi connectivity index (χ3v) is 3.72. The molecule has 0 radical (unpaired) electrons. The number of nitrogens with one attached hydrogen (secondary N) is 1. The van der Waals surface area contributed by atoms with Gasteiger partial charge >= 0.3 is 0 Å². The molecule has 0 spiro atoms. The van der Waals surface area contributed by atoms with Crippen LogP contribution in [-0.2, 0) is 0 Å². The van der Waals surface area contributed by atoms with E-state index in [0.29, 0.717) is 6.04 Å². The van der Waals surface area contributed by atoms with Gasteiger partial charge < -0.3 is 15.1 Å². The van der Waals surface area contributed by atoms with Gasteiger partial charge in [0.1, 0.15) is 0 Å². The highest BCUT2D eigenvalue weighted by Gasteiger charge is 2.18. The van der Waals surface area contributed by atoms with Gasteiger partial charge in [0.15, 0.2) is 0 Å². The number of nitrogens with zero attached hydrogens (tertiary/aromatic N) is 2. The molecule has 1 aromatic rings. The molecule has 0 bridgehead atoms. The van der Waals surface area contributed by atoms with Crippen LogP contribution in [0.4, 0.5) is 11.4 Å². The van der Waals surface area contributed by atoms with E-state index in [-0.39, 0.29) is 0 Å². The first-order chi connectivity index (χ1) is 8.58. The number of benzene rings is 1. The van der Waals surface area contributed by atoms with Crippen LogP contribution < -0.4 is 10.2 Å². The Balaban J connectivity index is 2.15. The van der Waals surface area contributed by atoms with Gasteiger partial charge in [0, 0.05) is 26.7 Å². The molecule has 0 amide bonds. The number of halogens is 1. The van der Waals surface area contributed by atoms with Gasteiger partial charge in [0.05, 0.1) is 16.4 Å². The van der Waals surface area contributed by atoms with Crippen LogP contribution in [-0.4, -0.2) is 45.2 Å². The molecule has 1 aliphatic heterocycles. The Morgan fingerprint density at radius 3 is 2.83 bits per heavy atom. The molecule has 18 heavy (non-hydrogen) atoms. The molecule has 1 aromatic carbocycles. The molecule has 1 N–H and O–H groups in total. The molecule has 2 rings (SSSR count). The second-order valence-corrected chi connectivity index (χ2v) is 5.68. The summed E-state index contributed by atoms with van der Waals surface area (Å²) in [6, 6.07) is 6.57. The molecule has 1 unspecified atom stereocenters. The summed E-state index contributed by atoms with van der Waals surface area (Å²) < 4.78 is 0. The zero-order valence-corrected chi connectivity index (χ0v) is 12.2. The van der Waals surface area contributed by atoms with E-state index in [4.69, 9.17) is 11.6 Å². The van der Waals surface area contributed by atoms with E-state index in [9.17, 15) is 0 Å². The molecule has 4 heteroatoms. The summed E-state index contributed by atoms with van der Waals surface area (Å²) in [5.74, 6) is 0. The number of piperidine rings is 1. The Kier molecular flexibility index (Phi) is 4.36. The predicted octanol–water partition coefficient (Wildman–Crippen LogP) is 2.91.